The third kappa shape index (κ3) is 3.20. The summed E-state index contributed by atoms with van der Waals surface area (Å²) in [6, 6.07) is 0. The molecule has 16 heavy (non-hydrogen) atoms. The first-order chi connectivity index (χ1) is 7.41. The number of allylic oxidation sites excluding steroid dienone is 8. The molecular weight excluding hydrogens is 264 g/mol. The molecule has 0 saturated heterocycles. The molecule has 0 amide bonds. The molecule has 1 rings (SSSR count). The lowest BCUT2D eigenvalue weighted by Crippen LogP contribution is -2.06. The van der Waals surface area contributed by atoms with Crippen molar-refractivity contribution in [3.8, 4) is 0 Å². The van der Waals surface area contributed by atoms with E-state index < -0.39 is 0 Å². The lowest BCUT2D eigenvalue weighted by atomic mass is 10.0. The van der Waals surface area contributed by atoms with Gasteiger partial charge in [-0.3, -0.25) is 5.41 Å². The van der Waals surface area contributed by atoms with Crippen LogP contribution in [0, 0.1) is 11.3 Å². The third-order valence-electron chi connectivity index (χ3n) is 2.35. The normalized spacial score (nSPS) is 21.9. The molecule has 0 saturated carbocycles. The topological polar surface area (TPSA) is 49.9 Å². The van der Waals surface area contributed by atoms with Crippen LogP contribution in [0.3, 0.4) is 0 Å². The van der Waals surface area contributed by atoms with Crippen molar-refractivity contribution in [2.24, 2.45) is 11.7 Å². The van der Waals surface area contributed by atoms with Gasteiger partial charge in [0, 0.05) is 5.70 Å². The largest absolute Gasteiger partial charge is 0.401 e. The fourth-order valence-electron chi connectivity index (χ4n) is 1.57. The van der Waals surface area contributed by atoms with Crippen LogP contribution in [0.15, 0.2) is 45.6 Å². The predicted octanol–water partition coefficient (Wildman–Crippen LogP) is 3.67. The van der Waals surface area contributed by atoms with Gasteiger partial charge in [-0.1, -0.05) is 36.8 Å². The Kier molecular flexibility index (Phi) is 4.30. The van der Waals surface area contributed by atoms with Gasteiger partial charge in [-0.05, 0) is 41.3 Å². The second kappa shape index (κ2) is 5.30. The van der Waals surface area contributed by atoms with Crippen LogP contribution in [0.5, 0.6) is 0 Å². The van der Waals surface area contributed by atoms with Crippen LogP contribution in [-0.4, -0.2) is 5.71 Å². The number of nitrogens with two attached hydrogens (primary N) is 1. The Morgan fingerprint density at radius 2 is 2.00 bits per heavy atom. The molecule has 1 unspecified atom stereocenters. The fraction of sp³-hybridized carbons (Fsp3) is 0.308. The highest BCUT2D eigenvalue weighted by Gasteiger charge is 2.10. The van der Waals surface area contributed by atoms with E-state index in [2.05, 4.69) is 41.9 Å². The van der Waals surface area contributed by atoms with Gasteiger partial charge in [0.25, 0.3) is 0 Å². The predicted molar refractivity (Wildman–Crippen MR) is 73.7 cm³/mol. The first-order valence-corrected chi connectivity index (χ1v) is 6.00. The molecule has 0 aromatic heterocycles. The second-order valence-corrected chi connectivity index (χ2v) is 4.89. The van der Waals surface area contributed by atoms with Crippen molar-refractivity contribution in [3.05, 3.63) is 45.6 Å². The van der Waals surface area contributed by atoms with E-state index in [0.717, 1.165) is 5.57 Å². The summed E-state index contributed by atoms with van der Waals surface area (Å²) in [4.78, 5) is 0. The highest BCUT2D eigenvalue weighted by atomic mass is 79.9. The molecule has 0 fully saturated rings. The molecule has 1 atom stereocenters. The van der Waals surface area contributed by atoms with E-state index in [1.807, 2.05) is 12.2 Å². The van der Waals surface area contributed by atoms with Crippen LogP contribution in [0.2, 0.25) is 0 Å². The summed E-state index contributed by atoms with van der Waals surface area (Å²) < 4.78 is 0.662. The summed E-state index contributed by atoms with van der Waals surface area (Å²) in [5.74, 6) is 0.337. The summed E-state index contributed by atoms with van der Waals surface area (Å²) in [6.45, 7) is 5.95. The number of halogens is 1. The Bertz CT molecular complexity index is 421. The Hall–Kier alpha value is -1.09. The molecule has 3 N–H and O–H groups in total. The zero-order valence-electron chi connectivity index (χ0n) is 9.84. The molecule has 1 aliphatic carbocycles. The lowest BCUT2D eigenvalue weighted by Gasteiger charge is -2.07. The van der Waals surface area contributed by atoms with Crippen LogP contribution >= 0.6 is 15.9 Å². The molecule has 1 aliphatic rings. The zero-order valence-corrected chi connectivity index (χ0v) is 11.4. The minimum Gasteiger partial charge on any atom is -0.401 e. The second-order valence-electron chi connectivity index (χ2n) is 4.10. The molecule has 0 bridgehead atoms. The Morgan fingerprint density at radius 3 is 2.56 bits per heavy atom. The average Bonchev–Trinajstić information content (AvgIpc) is 2.37. The molecule has 2 nitrogen and oxygen atoms in total. The van der Waals surface area contributed by atoms with Crippen LogP contribution < -0.4 is 5.73 Å². The molecule has 0 heterocycles. The highest BCUT2D eigenvalue weighted by molar-refractivity contribution is 9.12. The van der Waals surface area contributed by atoms with Crippen molar-refractivity contribution in [2.45, 2.75) is 20.8 Å². The molecular formula is C13H17BrN2. The lowest BCUT2D eigenvalue weighted by molar-refractivity contribution is 0.930. The van der Waals surface area contributed by atoms with Crippen molar-refractivity contribution in [2.75, 3.05) is 0 Å². The van der Waals surface area contributed by atoms with Gasteiger partial charge in [-0.25, -0.2) is 0 Å². The SMILES string of the molecule is CC1=CC(C)C=C(C(=N)/C(Br)=C(/C)N)C=C1. The van der Waals surface area contributed by atoms with Gasteiger partial charge in [0.05, 0.1) is 10.2 Å². The third-order valence-corrected chi connectivity index (χ3v) is 3.37. The van der Waals surface area contributed by atoms with E-state index in [9.17, 15) is 0 Å². The summed E-state index contributed by atoms with van der Waals surface area (Å²) in [6.07, 6.45) is 8.22. The zero-order chi connectivity index (χ0) is 12.3. The standard InChI is InChI=1S/C13H17BrN2/c1-8-4-5-11(7-9(2)6-8)13(16)12(14)10(3)15/h4-7,9,16H,15H2,1-3H3/b12-10+,16-13?. The summed E-state index contributed by atoms with van der Waals surface area (Å²) in [7, 11) is 0. The van der Waals surface area contributed by atoms with Crippen molar-refractivity contribution in [1.82, 2.24) is 0 Å². The first-order valence-electron chi connectivity index (χ1n) is 5.21. The van der Waals surface area contributed by atoms with Gasteiger partial charge in [0.1, 0.15) is 0 Å². The molecule has 0 aliphatic heterocycles. The fourth-order valence-corrected chi connectivity index (χ4v) is 1.80. The number of hydrogen-bond acceptors (Lipinski definition) is 2. The summed E-state index contributed by atoms with van der Waals surface area (Å²) in [5, 5.41) is 8.05. The first kappa shape index (κ1) is 13.0. The van der Waals surface area contributed by atoms with E-state index >= 15 is 0 Å². The number of nitrogens with one attached hydrogen (secondary N) is 1. The van der Waals surface area contributed by atoms with Gasteiger partial charge in [-0.15, -0.1) is 0 Å². The van der Waals surface area contributed by atoms with Crippen LogP contribution in [-0.2, 0) is 0 Å². The van der Waals surface area contributed by atoms with Crippen molar-refractivity contribution < 1.29 is 0 Å². The molecule has 86 valence electrons. The minimum absolute atomic E-state index is 0.337. The number of rotatable bonds is 2. The van der Waals surface area contributed by atoms with Gasteiger partial charge in [0.15, 0.2) is 0 Å². The molecule has 0 aromatic carbocycles. The minimum atomic E-state index is 0.337. The Balaban J connectivity index is 3.04. The van der Waals surface area contributed by atoms with E-state index in [1.54, 1.807) is 6.92 Å². The van der Waals surface area contributed by atoms with Crippen molar-refractivity contribution >= 4 is 21.6 Å². The van der Waals surface area contributed by atoms with E-state index in [-0.39, 0.29) is 0 Å². The summed E-state index contributed by atoms with van der Waals surface area (Å²) >= 11 is 3.34. The molecule has 0 radical (unpaired) electrons. The smallest absolute Gasteiger partial charge is 0.0768 e. The average molecular weight is 281 g/mol. The molecule has 3 heteroatoms. The van der Waals surface area contributed by atoms with Crippen molar-refractivity contribution in [3.63, 3.8) is 0 Å². The summed E-state index contributed by atoms with van der Waals surface area (Å²) in [5.41, 5.74) is 8.85. The van der Waals surface area contributed by atoms with Gasteiger partial charge in [0.2, 0.25) is 0 Å². The maximum absolute atomic E-state index is 8.05. The van der Waals surface area contributed by atoms with E-state index in [1.165, 1.54) is 5.57 Å². The Labute approximate surface area is 105 Å². The van der Waals surface area contributed by atoms with Gasteiger partial charge in [-0.2, -0.15) is 0 Å². The Morgan fingerprint density at radius 1 is 1.38 bits per heavy atom. The molecule has 0 spiro atoms. The van der Waals surface area contributed by atoms with Crippen LogP contribution in [0.1, 0.15) is 20.8 Å². The van der Waals surface area contributed by atoms with Gasteiger partial charge < -0.3 is 5.73 Å². The van der Waals surface area contributed by atoms with E-state index in [4.69, 9.17) is 11.1 Å². The van der Waals surface area contributed by atoms with Gasteiger partial charge >= 0.3 is 0 Å². The quantitative estimate of drug-likeness (QED) is 0.745. The van der Waals surface area contributed by atoms with E-state index in [0.29, 0.717) is 21.8 Å². The molecule has 0 aromatic rings. The maximum Gasteiger partial charge on any atom is 0.0768 e. The van der Waals surface area contributed by atoms with Crippen LogP contribution in [0.4, 0.5) is 0 Å². The monoisotopic (exact) mass is 280 g/mol. The van der Waals surface area contributed by atoms with Crippen LogP contribution in [0.25, 0.3) is 0 Å². The number of hydrogen-bond donors (Lipinski definition) is 2. The maximum atomic E-state index is 8.05. The highest BCUT2D eigenvalue weighted by Crippen LogP contribution is 2.21. The van der Waals surface area contributed by atoms with Crippen molar-refractivity contribution in [1.29, 1.82) is 5.41 Å².